The minimum atomic E-state index is -3.04. The Bertz CT molecular complexity index is 1180. The fourth-order valence-electron chi connectivity index (χ4n) is 2.50. The van der Waals surface area contributed by atoms with Crippen LogP contribution in [0.25, 0.3) is 28.6 Å². The lowest BCUT2D eigenvalue weighted by molar-refractivity contribution is 0.135. The van der Waals surface area contributed by atoms with Gasteiger partial charge in [0.2, 0.25) is 5.82 Å². The molecule has 0 fully saturated rings. The molecule has 0 unspecified atom stereocenters. The Kier molecular flexibility index (Phi) is 4.68. The van der Waals surface area contributed by atoms with Gasteiger partial charge in [-0.05, 0) is 24.3 Å². The van der Waals surface area contributed by atoms with Gasteiger partial charge in [-0.3, -0.25) is 0 Å². The van der Waals surface area contributed by atoms with E-state index >= 15 is 0 Å². The Balaban J connectivity index is 1.80. The summed E-state index contributed by atoms with van der Waals surface area (Å²) in [6.07, 6.45) is -6.05. The van der Waals surface area contributed by atoms with Crippen LogP contribution in [-0.2, 0) is 0 Å². The molecule has 0 saturated carbocycles. The first-order valence-corrected chi connectivity index (χ1v) is 8.35. The number of hydrogen-bond acceptors (Lipinski definition) is 5. The summed E-state index contributed by atoms with van der Waals surface area (Å²) in [6.45, 7) is 0. The highest BCUT2D eigenvalue weighted by Crippen LogP contribution is 2.31. The van der Waals surface area contributed by atoms with Crippen LogP contribution in [0.2, 0.25) is 10.0 Å². The molecule has 0 N–H and O–H groups in total. The van der Waals surface area contributed by atoms with Crippen molar-refractivity contribution in [1.82, 2.24) is 24.7 Å². The van der Waals surface area contributed by atoms with Crippen molar-refractivity contribution in [2.24, 2.45) is 0 Å². The molecule has 0 saturated heterocycles. The largest absolute Gasteiger partial charge is 0.332 e. The third kappa shape index (κ3) is 3.29. The molecule has 4 aromatic rings. The third-order valence-corrected chi connectivity index (χ3v) is 4.29. The van der Waals surface area contributed by atoms with E-state index in [0.717, 1.165) is 4.52 Å². The van der Waals surface area contributed by atoms with E-state index in [9.17, 15) is 17.6 Å². The second-order valence-corrected chi connectivity index (χ2v) is 6.40. The number of rotatable bonds is 4. The Labute approximate surface area is 163 Å². The number of fused-ring (bicyclic) bond motifs is 1. The second kappa shape index (κ2) is 7.02. The van der Waals surface area contributed by atoms with E-state index in [-0.39, 0.29) is 28.1 Å². The van der Waals surface area contributed by atoms with E-state index in [1.165, 1.54) is 12.1 Å². The lowest BCUT2D eigenvalue weighted by Crippen LogP contribution is -2.04. The maximum atomic E-state index is 13.2. The summed E-state index contributed by atoms with van der Waals surface area (Å²) in [7, 11) is 0. The molecule has 3 aromatic heterocycles. The molecule has 144 valence electrons. The molecule has 28 heavy (non-hydrogen) atoms. The van der Waals surface area contributed by atoms with Gasteiger partial charge in [-0.25, -0.2) is 27.1 Å². The molecule has 1 aromatic carbocycles. The van der Waals surface area contributed by atoms with Gasteiger partial charge in [0, 0.05) is 16.7 Å². The monoisotopic (exact) mass is 431 g/mol. The molecule has 0 aliphatic rings. The summed E-state index contributed by atoms with van der Waals surface area (Å²) < 4.78 is 58.2. The standard InChI is InChI=1S/C16H7Cl2F4N5O/c17-6-1-2-7(8(18)3-6)15-24-16(28-26-15)10-5-12-23-9(13(19)20)4-11(14(21)22)27(12)25-10/h1-5,13-14H. The summed E-state index contributed by atoms with van der Waals surface area (Å²) in [4.78, 5) is 7.77. The molecular weight excluding hydrogens is 425 g/mol. The number of hydrogen-bond donors (Lipinski definition) is 0. The first-order valence-electron chi connectivity index (χ1n) is 7.60. The molecule has 0 amide bonds. The van der Waals surface area contributed by atoms with E-state index < -0.39 is 24.2 Å². The van der Waals surface area contributed by atoms with Crippen LogP contribution in [0.4, 0.5) is 17.6 Å². The Morgan fingerprint density at radius 2 is 1.75 bits per heavy atom. The van der Waals surface area contributed by atoms with Crippen molar-refractivity contribution in [2.45, 2.75) is 12.9 Å². The average Bonchev–Trinajstić information content (AvgIpc) is 3.27. The van der Waals surface area contributed by atoms with E-state index in [0.29, 0.717) is 16.7 Å². The molecule has 4 rings (SSSR count). The summed E-state index contributed by atoms with van der Waals surface area (Å²) in [5.74, 6) is -0.00522. The van der Waals surface area contributed by atoms with Crippen LogP contribution in [0, 0.1) is 0 Å². The first kappa shape index (κ1) is 18.6. The summed E-state index contributed by atoms with van der Waals surface area (Å²) in [5, 5.41) is 8.39. The van der Waals surface area contributed by atoms with Gasteiger partial charge in [0.1, 0.15) is 11.4 Å². The van der Waals surface area contributed by atoms with Crippen LogP contribution in [0.1, 0.15) is 24.2 Å². The highest BCUT2D eigenvalue weighted by atomic mass is 35.5. The first-order chi connectivity index (χ1) is 13.3. The molecule has 3 heterocycles. The fraction of sp³-hybridized carbons (Fsp3) is 0.125. The van der Waals surface area contributed by atoms with Gasteiger partial charge < -0.3 is 4.52 Å². The van der Waals surface area contributed by atoms with Crippen molar-refractivity contribution in [2.75, 3.05) is 0 Å². The van der Waals surface area contributed by atoms with Crippen LogP contribution < -0.4 is 0 Å². The molecule has 0 radical (unpaired) electrons. The molecule has 0 aliphatic carbocycles. The van der Waals surface area contributed by atoms with Gasteiger partial charge >= 0.3 is 0 Å². The van der Waals surface area contributed by atoms with Crippen LogP contribution in [0.3, 0.4) is 0 Å². The molecular formula is C16H7Cl2F4N5O. The third-order valence-electron chi connectivity index (χ3n) is 3.74. The SMILES string of the molecule is FC(F)c1cc(C(F)F)n2nc(-c3nc(-c4ccc(Cl)cc4Cl)no3)cc2n1. The number of halogens is 6. The van der Waals surface area contributed by atoms with E-state index in [1.54, 1.807) is 12.1 Å². The zero-order valence-corrected chi connectivity index (χ0v) is 15.0. The Morgan fingerprint density at radius 1 is 0.964 bits per heavy atom. The maximum absolute atomic E-state index is 13.2. The smallest absolute Gasteiger partial charge is 0.280 e. The van der Waals surface area contributed by atoms with Gasteiger partial charge in [-0.1, -0.05) is 28.4 Å². The van der Waals surface area contributed by atoms with Gasteiger partial charge in [-0.2, -0.15) is 10.1 Å². The lowest BCUT2D eigenvalue weighted by Gasteiger charge is -2.06. The molecule has 0 atom stereocenters. The molecule has 0 aliphatic heterocycles. The number of alkyl halides is 4. The average molecular weight is 432 g/mol. The van der Waals surface area contributed by atoms with Crippen molar-refractivity contribution < 1.29 is 22.1 Å². The molecule has 0 bridgehead atoms. The Morgan fingerprint density at radius 3 is 2.43 bits per heavy atom. The van der Waals surface area contributed by atoms with Gasteiger partial charge in [0.05, 0.1) is 5.02 Å². The van der Waals surface area contributed by atoms with Gasteiger partial charge in [-0.15, -0.1) is 0 Å². The number of nitrogens with zero attached hydrogens (tertiary/aromatic N) is 5. The highest BCUT2D eigenvalue weighted by Gasteiger charge is 2.22. The highest BCUT2D eigenvalue weighted by molar-refractivity contribution is 6.36. The van der Waals surface area contributed by atoms with Gasteiger partial charge in [0.25, 0.3) is 18.7 Å². The predicted molar refractivity (Wildman–Crippen MR) is 91.6 cm³/mol. The molecule has 12 heteroatoms. The minimum absolute atomic E-state index is 0.00958. The van der Waals surface area contributed by atoms with E-state index in [2.05, 4.69) is 20.2 Å². The Hall–Kier alpha value is -2.72. The van der Waals surface area contributed by atoms with Crippen LogP contribution in [0.5, 0.6) is 0 Å². The summed E-state index contributed by atoms with van der Waals surface area (Å²) >= 11 is 11.9. The van der Waals surface area contributed by atoms with Crippen LogP contribution in [0.15, 0.2) is 34.9 Å². The van der Waals surface area contributed by atoms with Crippen LogP contribution in [-0.4, -0.2) is 24.7 Å². The topological polar surface area (TPSA) is 69.1 Å². The molecule has 0 spiro atoms. The zero-order valence-electron chi connectivity index (χ0n) is 13.5. The summed E-state index contributed by atoms with van der Waals surface area (Å²) in [5.41, 5.74) is -1.30. The van der Waals surface area contributed by atoms with Crippen molar-refractivity contribution >= 4 is 28.8 Å². The van der Waals surface area contributed by atoms with Crippen molar-refractivity contribution in [3.8, 4) is 23.0 Å². The summed E-state index contributed by atoms with van der Waals surface area (Å²) in [6, 6.07) is 6.44. The predicted octanol–water partition coefficient (Wildman–Crippen LogP) is 5.63. The minimum Gasteiger partial charge on any atom is -0.332 e. The van der Waals surface area contributed by atoms with Crippen molar-refractivity contribution in [1.29, 1.82) is 0 Å². The van der Waals surface area contributed by atoms with Crippen molar-refractivity contribution in [3.05, 3.63) is 51.8 Å². The van der Waals surface area contributed by atoms with E-state index in [1.807, 2.05) is 0 Å². The second-order valence-electron chi connectivity index (χ2n) is 5.55. The number of benzene rings is 1. The fourth-order valence-corrected chi connectivity index (χ4v) is 2.99. The lowest BCUT2D eigenvalue weighted by atomic mass is 10.2. The van der Waals surface area contributed by atoms with Crippen LogP contribution >= 0.6 is 23.2 Å². The van der Waals surface area contributed by atoms with Crippen molar-refractivity contribution in [3.63, 3.8) is 0 Å². The number of aromatic nitrogens is 5. The quantitative estimate of drug-likeness (QED) is 0.391. The van der Waals surface area contributed by atoms with Gasteiger partial charge in [0.15, 0.2) is 11.3 Å². The molecule has 6 nitrogen and oxygen atoms in total. The zero-order chi connectivity index (χ0) is 20.0. The maximum Gasteiger partial charge on any atom is 0.280 e. The normalized spacial score (nSPS) is 11.9. The van der Waals surface area contributed by atoms with E-state index in [4.69, 9.17) is 27.7 Å².